The number of halogens is 1. The molecule has 58 valence electrons. The van der Waals surface area contributed by atoms with Crippen LogP contribution in [-0.2, 0) is 0 Å². The fourth-order valence-corrected chi connectivity index (χ4v) is 4.21. The molecule has 0 aromatic carbocycles. The van der Waals surface area contributed by atoms with Gasteiger partial charge in [-0.3, -0.25) is 0 Å². The standard InChI is InChI=1S/C10H11I/c11-10-5-6-4-9(10)8-3-1-2-7(6)8/h1-2,5-9H,3-4H2. The molecular weight excluding hydrogens is 247 g/mol. The fraction of sp³-hybridized carbons (Fsp3) is 0.600. The Balaban J connectivity index is 2.03. The second kappa shape index (κ2) is 2.12. The molecule has 0 radical (unpaired) electrons. The maximum atomic E-state index is 2.53. The van der Waals surface area contributed by atoms with Gasteiger partial charge >= 0.3 is 0 Å². The quantitative estimate of drug-likeness (QED) is 0.462. The normalized spacial score (nSPS) is 51.5. The molecule has 0 aliphatic heterocycles. The zero-order valence-electron chi connectivity index (χ0n) is 6.33. The van der Waals surface area contributed by atoms with Gasteiger partial charge in [0, 0.05) is 0 Å². The van der Waals surface area contributed by atoms with Gasteiger partial charge in [0.05, 0.1) is 0 Å². The Morgan fingerprint density at radius 2 is 2.36 bits per heavy atom. The highest BCUT2D eigenvalue weighted by molar-refractivity contribution is 14.1. The van der Waals surface area contributed by atoms with Crippen molar-refractivity contribution in [3.8, 4) is 0 Å². The lowest BCUT2D eigenvalue weighted by Crippen LogP contribution is -2.14. The molecule has 0 saturated heterocycles. The first-order valence-electron chi connectivity index (χ1n) is 4.40. The van der Waals surface area contributed by atoms with Crippen LogP contribution in [0.4, 0.5) is 0 Å². The molecule has 11 heavy (non-hydrogen) atoms. The number of hydrogen-bond donors (Lipinski definition) is 0. The van der Waals surface area contributed by atoms with Crippen LogP contribution in [-0.4, -0.2) is 0 Å². The summed E-state index contributed by atoms with van der Waals surface area (Å²) in [5, 5.41) is 0. The molecule has 3 aliphatic rings. The van der Waals surface area contributed by atoms with Gasteiger partial charge in [0.25, 0.3) is 0 Å². The molecule has 1 heteroatoms. The van der Waals surface area contributed by atoms with Crippen LogP contribution in [0.1, 0.15) is 12.8 Å². The Morgan fingerprint density at radius 3 is 3.27 bits per heavy atom. The van der Waals surface area contributed by atoms with Crippen molar-refractivity contribution in [3.63, 3.8) is 0 Å². The van der Waals surface area contributed by atoms with Gasteiger partial charge < -0.3 is 0 Å². The van der Waals surface area contributed by atoms with Gasteiger partial charge in [-0.1, -0.05) is 18.2 Å². The summed E-state index contributed by atoms with van der Waals surface area (Å²) >= 11 is 2.53. The summed E-state index contributed by atoms with van der Waals surface area (Å²) in [7, 11) is 0. The summed E-state index contributed by atoms with van der Waals surface area (Å²) in [6, 6.07) is 0. The average molecular weight is 258 g/mol. The minimum atomic E-state index is 0.913. The Hall–Kier alpha value is 0.210. The Kier molecular flexibility index (Phi) is 1.29. The third-order valence-electron chi connectivity index (χ3n) is 3.53. The van der Waals surface area contributed by atoms with Gasteiger partial charge in [0.2, 0.25) is 0 Å². The van der Waals surface area contributed by atoms with Crippen molar-refractivity contribution < 1.29 is 0 Å². The van der Waals surface area contributed by atoms with E-state index in [1.165, 1.54) is 12.8 Å². The summed E-state index contributed by atoms with van der Waals surface area (Å²) in [6.07, 6.45) is 10.2. The Bertz CT molecular complexity index is 252. The molecule has 2 bridgehead atoms. The summed E-state index contributed by atoms with van der Waals surface area (Å²) < 4.78 is 1.65. The molecule has 0 nitrogen and oxygen atoms in total. The van der Waals surface area contributed by atoms with Crippen molar-refractivity contribution in [2.24, 2.45) is 23.7 Å². The maximum Gasteiger partial charge on any atom is -0.00640 e. The van der Waals surface area contributed by atoms with Crippen LogP contribution in [0.2, 0.25) is 0 Å². The third kappa shape index (κ3) is 0.754. The van der Waals surface area contributed by atoms with Crippen molar-refractivity contribution in [1.29, 1.82) is 0 Å². The first kappa shape index (κ1) is 6.70. The van der Waals surface area contributed by atoms with E-state index < -0.39 is 0 Å². The SMILES string of the molecule is IC1=CC2CC1C1CC=CC21. The highest BCUT2D eigenvalue weighted by atomic mass is 127. The van der Waals surface area contributed by atoms with Gasteiger partial charge in [-0.2, -0.15) is 0 Å². The van der Waals surface area contributed by atoms with Gasteiger partial charge in [-0.25, -0.2) is 0 Å². The third-order valence-corrected chi connectivity index (χ3v) is 4.69. The molecular formula is C10H11I. The summed E-state index contributed by atoms with van der Waals surface area (Å²) in [5.41, 5.74) is 0. The molecule has 1 saturated carbocycles. The summed E-state index contributed by atoms with van der Waals surface area (Å²) in [6.45, 7) is 0. The molecule has 1 fully saturated rings. The van der Waals surface area contributed by atoms with E-state index in [9.17, 15) is 0 Å². The van der Waals surface area contributed by atoms with Crippen molar-refractivity contribution in [2.75, 3.05) is 0 Å². The molecule has 0 N–H and O–H groups in total. The number of fused-ring (bicyclic) bond motifs is 5. The van der Waals surface area contributed by atoms with E-state index in [1.807, 2.05) is 0 Å². The second-order valence-electron chi connectivity index (χ2n) is 3.96. The number of allylic oxidation sites excluding steroid dienone is 4. The maximum absolute atomic E-state index is 2.53. The molecule has 4 unspecified atom stereocenters. The molecule has 0 aromatic heterocycles. The van der Waals surface area contributed by atoms with E-state index in [0.29, 0.717) is 0 Å². The van der Waals surface area contributed by atoms with E-state index >= 15 is 0 Å². The first-order chi connectivity index (χ1) is 5.36. The van der Waals surface area contributed by atoms with Crippen molar-refractivity contribution >= 4 is 22.6 Å². The minimum Gasteiger partial charge on any atom is -0.0879 e. The fourth-order valence-electron chi connectivity index (χ4n) is 3.03. The predicted molar refractivity (Wildman–Crippen MR) is 54.4 cm³/mol. The van der Waals surface area contributed by atoms with E-state index in [2.05, 4.69) is 40.8 Å². The van der Waals surface area contributed by atoms with Gasteiger partial charge in [-0.15, -0.1) is 0 Å². The molecule has 0 aromatic rings. The molecule has 0 heterocycles. The zero-order valence-corrected chi connectivity index (χ0v) is 8.49. The van der Waals surface area contributed by atoms with E-state index in [1.54, 1.807) is 3.58 Å². The van der Waals surface area contributed by atoms with E-state index in [4.69, 9.17) is 0 Å². The van der Waals surface area contributed by atoms with Crippen LogP contribution >= 0.6 is 22.6 Å². The van der Waals surface area contributed by atoms with E-state index in [0.717, 1.165) is 23.7 Å². The van der Waals surface area contributed by atoms with Gasteiger partial charge in [0.1, 0.15) is 0 Å². The molecule has 0 amide bonds. The smallest absolute Gasteiger partial charge is 0.00640 e. The second-order valence-corrected chi connectivity index (χ2v) is 5.21. The van der Waals surface area contributed by atoms with Crippen LogP contribution in [0.15, 0.2) is 21.8 Å². The lowest BCUT2D eigenvalue weighted by atomic mass is 9.86. The van der Waals surface area contributed by atoms with Gasteiger partial charge in [-0.05, 0) is 62.7 Å². The van der Waals surface area contributed by atoms with Crippen molar-refractivity contribution in [3.05, 3.63) is 21.8 Å². The topological polar surface area (TPSA) is 0 Å². The Labute approximate surface area is 80.9 Å². The highest BCUT2D eigenvalue weighted by Gasteiger charge is 2.47. The monoisotopic (exact) mass is 258 g/mol. The lowest BCUT2D eigenvalue weighted by molar-refractivity contribution is 0.396. The molecule has 3 aliphatic carbocycles. The van der Waals surface area contributed by atoms with Crippen molar-refractivity contribution in [1.82, 2.24) is 0 Å². The molecule has 4 atom stereocenters. The minimum absolute atomic E-state index is 0.913. The van der Waals surface area contributed by atoms with Gasteiger partial charge in [0.15, 0.2) is 0 Å². The first-order valence-corrected chi connectivity index (χ1v) is 5.48. The average Bonchev–Trinajstić information content (AvgIpc) is 2.52. The number of rotatable bonds is 0. The zero-order chi connectivity index (χ0) is 7.42. The predicted octanol–water partition coefficient (Wildman–Crippen LogP) is 3.15. The van der Waals surface area contributed by atoms with Crippen molar-refractivity contribution in [2.45, 2.75) is 12.8 Å². The van der Waals surface area contributed by atoms with Crippen LogP contribution < -0.4 is 0 Å². The highest BCUT2D eigenvalue weighted by Crippen LogP contribution is 2.57. The lowest BCUT2D eigenvalue weighted by Gasteiger charge is -2.21. The largest absolute Gasteiger partial charge is 0.0879 e. The van der Waals surface area contributed by atoms with Crippen LogP contribution in [0.3, 0.4) is 0 Å². The molecule has 3 rings (SSSR count). The van der Waals surface area contributed by atoms with Crippen LogP contribution in [0.25, 0.3) is 0 Å². The van der Waals surface area contributed by atoms with Crippen LogP contribution in [0.5, 0.6) is 0 Å². The Morgan fingerprint density at radius 1 is 1.45 bits per heavy atom. The molecule has 0 spiro atoms. The summed E-state index contributed by atoms with van der Waals surface area (Å²) in [5.74, 6) is 3.78. The van der Waals surface area contributed by atoms with E-state index in [-0.39, 0.29) is 0 Å². The van der Waals surface area contributed by atoms with Crippen LogP contribution in [0, 0.1) is 23.7 Å². The summed E-state index contributed by atoms with van der Waals surface area (Å²) in [4.78, 5) is 0. The number of hydrogen-bond acceptors (Lipinski definition) is 0.